The van der Waals surface area contributed by atoms with Crippen molar-refractivity contribution in [2.75, 3.05) is 5.32 Å². The molecule has 1 aromatic heterocycles. The lowest BCUT2D eigenvalue weighted by atomic mass is 9.96. The molecule has 0 radical (unpaired) electrons. The number of amides is 1. The second kappa shape index (κ2) is 9.17. The molecule has 1 heterocycles. The van der Waals surface area contributed by atoms with Gasteiger partial charge in [0.1, 0.15) is 4.88 Å². The van der Waals surface area contributed by atoms with Gasteiger partial charge in [0.2, 0.25) is 0 Å². The van der Waals surface area contributed by atoms with Crippen molar-refractivity contribution in [3.05, 3.63) is 46.5 Å². The summed E-state index contributed by atoms with van der Waals surface area (Å²) < 4.78 is 0. The van der Waals surface area contributed by atoms with E-state index in [2.05, 4.69) is 46.8 Å². The zero-order chi connectivity index (χ0) is 18.4. The molecular formula is C21H29N3OS. The van der Waals surface area contributed by atoms with E-state index in [0.717, 1.165) is 28.5 Å². The smallest absolute Gasteiger partial charge is 0.263 e. The molecule has 1 aromatic carbocycles. The lowest BCUT2D eigenvalue weighted by molar-refractivity contribution is 0.0942. The summed E-state index contributed by atoms with van der Waals surface area (Å²) in [6.07, 6.45) is 8.22. The van der Waals surface area contributed by atoms with Crippen molar-refractivity contribution in [2.45, 2.75) is 70.9 Å². The first-order valence-electron chi connectivity index (χ1n) is 9.70. The van der Waals surface area contributed by atoms with Gasteiger partial charge in [-0.25, -0.2) is 4.98 Å². The van der Waals surface area contributed by atoms with E-state index < -0.39 is 0 Å². The van der Waals surface area contributed by atoms with Crippen molar-refractivity contribution in [2.24, 2.45) is 0 Å². The third-order valence-corrected chi connectivity index (χ3v) is 6.11. The van der Waals surface area contributed by atoms with Crippen molar-refractivity contribution < 1.29 is 4.79 Å². The predicted octanol–water partition coefficient (Wildman–Crippen LogP) is 4.95. The summed E-state index contributed by atoms with van der Waals surface area (Å²) in [6, 6.07) is 11.0. The quantitative estimate of drug-likeness (QED) is 0.724. The van der Waals surface area contributed by atoms with Crippen LogP contribution in [0.3, 0.4) is 0 Å². The number of thiazole rings is 1. The first kappa shape index (κ1) is 18.9. The number of anilines is 1. The molecule has 1 atom stereocenters. The maximum atomic E-state index is 12.6. The van der Waals surface area contributed by atoms with E-state index >= 15 is 0 Å². The molecule has 0 unspecified atom stereocenters. The number of nitrogens with zero attached hydrogens (tertiary/aromatic N) is 1. The van der Waals surface area contributed by atoms with Crippen molar-refractivity contribution in [1.82, 2.24) is 10.3 Å². The van der Waals surface area contributed by atoms with Gasteiger partial charge in [0.25, 0.3) is 5.91 Å². The number of carbonyl (C=O) groups excluding carboxylic acids is 1. The monoisotopic (exact) mass is 371 g/mol. The van der Waals surface area contributed by atoms with Gasteiger partial charge in [-0.1, -0.05) is 60.9 Å². The van der Waals surface area contributed by atoms with Gasteiger partial charge in [-0.2, -0.15) is 0 Å². The van der Waals surface area contributed by atoms with Crippen LogP contribution in [-0.4, -0.2) is 23.0 Å². The van der Waals surface area contributed by atoms with Gasteiger partial charge in [0, 0.05) is 12.1 Å². The van der Waals surface area contributed by atoms with Crippen LogP contribution in [0.4, 0.5) is 5.13 Å². The topological polar surface area (TPSA) is 54.0 Å². The highest BCUT2D eigenvalue weighted by molar-refractivity contribution is 7.17. The lowest BCUT2D eigenvalue weighted by Gasteiger charge is -2.22. The highest BCUT2D eigenvalue weighted by atomic mass is 32.1. The van der Waals surface area contributed by atoms with Gasteiger partial charge in [0.15, 0.2) is 5.13 Å². The highest BCUT2D eigenvalue weighted by Gasteiger charge is 2.19. The van der Waals surface area contributed by atoms with Crippen LogP contribution in [0.1, 0.15) is 66.4 Å². The Hall–Kier alpha value is -1.88. The Labute approximate surface area is 160 Å². The first-order valence-corrected chi connectivity index (χ1v) is 10.5. The Morgan fingerprint density at radius 3 is 2.69 bits per heavy atom. The molecule has 1 aliphatic rings. The molecule has 26 heavy (non-hydrogen) atoms. The summed E-state index contributed by atoms with van der Waals surface area (Å²) in [6.45, 7) is 3.99. The fraction of sp³-hybridized carbons (Fsp3) is 0.524. The Morgan fingerprint density at radius 1 is 1.23 bits per heavy atom. The van der Waals surface area contributed by atoms with Crippen molar-refractivity contribution in [1.29, 1.82) is 0 Å². The predicted molar refractivity (Wildman–Crippen MR) is 109 cm³/mol. The summed E-state index contributed by atoms with van der Waals surface area (Å²) in [5.41, 5.74) is 2.13. The molecule has 140 valence electrons. The Kier molecular flexibility index (Phi) is 6.67. The molecule has 0 saturated heterocycles. The fourth-order valence-electron chi connectivity index (χ4n) is 3.48. The van der Waals surface area contributed by atoms with Crippen LogP contribution < -0.4 is 10.6 Å². The molecule has 2 N–H and O–H groups in total. The van der Waals surface area contributed by atoms with Crippen molar-refractivity contribution in [3.8, 4) is 0 Å². The number of nitrogens with one attached hydrogen (secondary N) is 2. The number of carbonyl (C=O) groups is 1. The standard InChI is InChI=1S/C21H29N3OS/c1-15(13-14-17-9-5-3-6-10-17)22-20(25)19-16(2)23-21(26-19)24-18-11-7-4-8-12-18/h3,5-6,9-10,15,18H,4,7-8,11-14H2,1-2H3,(H,22,25)(H,23,24)/t15-/m0/s1. The maximum Gasteiger partial charge on any atom is 0.263 e. The molecule has 0 bridgehead atoms. The maximum absolute atomic E-state index is 12.6. The van der Waals surface area contributed by atoms with Crippen LogP contribution in [0.15, 0.2) is 30.3 Å². The van der Waals surface area contributed by atoms with E-state index in [9.17, 15) is 4.79 Å². The van der Waals surface area contributed by atoms with Gasteiger partial charge < -0.3 is 10.6 Å². The zero-order valence-electron chi connectivity index (χ0n) is 15.8. The summed E-state index contributed by atoms with van der Waals surface area (Å²) in [5.74, 6) is -0.00254. The molecule has 4 nitrogen and oxygen atoms in total. The molecule has 2 aromatic rings. The van der Waals surface area contributed by atoms with Crippen LogP contribution in [-0.2, 0) is 6.42 Å². The number of benzene rings is 1. The average molecular weight is 372 g/mol. The fourth-order valence-corrected chi connectivity index (χ4v) is 4.43. The van der Waals surface area contributed by atoms with Crippen LogP contribution >= 0.6 is 11.3 Å². The molecule has 1 amide bonds. The summed E-state index contributed by atoms with van der Waals surface area (Å²) in [7, 11) is 0. The second-order valence-electron chi connectivity index (χ2n) is 7.31. The normalized spacial score (nSPS) is 16.2. The lowest BCUT2D eigenvalue weighted by Crippen LogP contribution is -2.32. The van der Waals surface area contributed by atoms with Gasteiger partial charge in [-0.05, 0) is 45.1 Å². The molecular weight excluding hydrogens is 342 g/mol. The van der Waals surface area contributed by atoms with Crippen LogP contribution in [0.25, 0.3) is 0 Å². The van der Waals surface area contributed by atoms with Gasteiger partial charge >= 0.3 is 0 Å². The summed E-state index contributed by atoms with van der Waals surface area (Å²) >= 11 is 1.48. The SMILES string of the molecule is Cc1nc(NC2CCCCC2)sc1C(=O)N[C@@H](C)CCc1ccccc1. The van der Waals surface area contributed by atoms with Crippen LogP contribution in [0.5, 0.6) is 0 Å². The van der Waals surface area contributed by atoms with E-state index in [-0.39, 0.29) is 11.9 Å². The average Bonchev–Trinajstić information content (AvgIpc) is 3.02. The molecule has 1 saturated carbocycles. The number of hydrogen-bond acceptors (Lipinski definition) is 4. The molecule has 0 spiro atoms. The van der Waals surface area contributed by atoms with Gasteiger partial charge in [0.05, 0.1) is 5.69 Å². The Morgan fingerprint density at radius 2 is 1.96 bits per heavy atom. The minimum absolute atomic E-state index is 0.00254. The van der Waals surface area contributed by atoms with Crippen molar-refractivity contribution in [3.63, 3.8) is 0 Å². The first-order chi connectivity index (χ1) is 12.6. The Balaban J connectivity index is 1.52. The second-order valence-corrected chi connectivity index (χ2v) is 8.31. The largest absolute Gasteiger partial charge is 0.359 e. The van der Waals surface area contributed by atoms with E-state index in [1.807, 2.05) is 13.0 Å². The molecule has 3 rings (SSSR count). The van der Waals surface area contributed by atoms with Crippen LogP contribution in [0.2, 0.25) is 0 Å². The summed E-state index contributed by atoms with van der Waals surface area (Å²) in [4.78, 5) is 17.9. The van der Waals surface area contributed by atoms with Crippen molar-refractivity contribution >= 4 is 22.4 Å². The molecule has 1 aliphatic carbocycles. The summed E-state index contributed by atoms with van der Waals surface area (Å²) in [5, 5.41) is 7.54. The molecule has 1 fully saturated rings. The van der Waals surface area contributed by atoms with Gasteiger partial charge in [-0.15, -0.1) is 0 Å². The number of hydrogen-bond donors (Lipinski definition) is 2. The van der Waals surface area contributed by atoms with E-state index in [0.29, 0.717) is 6.04 Å². The van der Waals surface area contributed by atoms with Crippen LogP contribution in [0, 0.1) is 6.92 Å². The highest BCUT2D eigenvalue weighted by Crippen LogP contribution is 2.27. The molecule has 5 heteroatoms. The van der Waals surface area contributed by atoms with Gasteiger partial charge in [-0.3, -0.25) is 4.79 Å². The minimum atomic E-state index is -0.00254. The molecule has 0 aliphatic heterocycles. The third kappa shape index (κ3) is 5.31. The number of aryl methyl sites for hydroxylation is 2. The zero-order valence-corrected chi connectivity index (χ0v) is 16.6. The number of aromatic nitrogens is 1. The van der Waals surface area contributed by atoms with E-state index in [1.54, 1.807) is 0 Å². The number of rotatable bonds is 7. The Bertz CT molecular complexity index is 707. The minimum Gasteiger partial charge on any atom is -0.359 e. The van der Waals surface area contributed by atoms with E-state index in [1.165, 1.54) is 49.0 Å². The van der Waals surface area contributed by atoms with E-state index in [4.69, 9.17) is 0 Å². The third-order valence-electron chi connectivity index (χ3n) is 5.02.